The molecule has 0 atom stereocenters. The lowest BCUT2D eigenvalue weighted by molar-refractivity contribution is -0.106. The number of rotatable bonds is 6. The van der Waals surface area contributed by atoms with Crippen LogP contribution in [-0.2, 0) is 16.4 Å². The van der Waals surface area contributed by atoms with Crippen molar-refractivity contribution < 1.29 is 21.6 Å². The Hall–Kier alpha value is -2.28. The van der Waals surface area contributed by atoms with Crippen LogP contribution in [0.1, 0.15) is 18.9 Å². The second kappa shape index (κ2) is 7.99. The molecule has 0 amide bonds. The van der Waals surface area contributed by atoms with Gasteiger partial charge in [-0.25, -0.2) is 8.42 Å². The SMILES string of the molecule is CCN1CCCc2cc(N=Nc3nncs3)c(NS(=O)(=O)CC(F)(F)F)cc21. The fourth-order valence-corrected chi connectivity index (χ4v) is 4.29. The zero-order valence-electron chi connectivity index (χ0n) is 14.8. The second-order valence-electron chi connectivity index (χ2n) is 6.08. The molecule has 1 aromatic heterocycles. The topological polar surface area (TPSA) is 99.9 Å². The summed E-state index contributed by atoms with van der Waals surface area (Å²) in [6.45, 7) is 3.42. The third kappa shape index (κ3) is 5.16. The van der Waals surface area contributed by atoms with Crippen LogP contribution in [0.25, 0.3) is 0 Å². The highest BCUT2D eigenvalue weighted by atomic mass is 32.2. The molecule has 13 heteroatoms. The maximum absolute atomic E-state index is 12.6. The smallest absolute Gasteiger partial charge is 0.372 e. The molecular weight excluding hydrogens is 417 g/mol. The molecule has 152 valence electrons. The molecule has 0 unspecified atom stereocenters. The Kier molecular flexibility index (Phi) is 5.84. The summed E-state index contributed by atoms with van der Waals surface area (Å²) >= 11 is 1.12. The molecule has 3 rings (SSSR count). The lowest BCUT2D eigenvalue weighted by Crippen LogP contribution is -2.30. The van der Waals surface area contributed by atoms with Crippen molar-refractivity contribution in [1.82, 2.24) is 10.2 Å². The number of azo groups is 1. The summed E-state index contributed by atoms with van der Waals surface area (Å²) < 4.78 is 63.8. The van der Waals surface area contributed by atoms with Gasteiger partial charge >= 0.3 is 6.18 Å². The molecule has 1 aromatic carbocycles. The van der Waals surface area contributed by atoms with Gasteiger partial charge in [-0.1, -0.05) is 11.3 Å². The number of nitrogens with one attached hydrogen (secondary N) is 1. The number of aromatic nitrogens is 2. The first-order valence-electron chi connectivity index (χ1n) is 8.34. The van der Waals surface area contributed by atoms with Gasteiger partial charge in [0, 0.05) is 18.8 Å². The Morgan fingerprint density at radius 1 is 1.32 bits per heavy atom. The van der Waals surface area contributed by atoms with E-state index < -0.39 is 22.0 Å². The lowest BCUT2D eigenvalue weighted by Gasteiger charge is -2.31. The number of fused-ring (bicyclic) bond motifs is 1. The first kappa shape index (κ1) is 20.5. The van der Waals surface area contributed by atoms with Crippen molar-refractivity contribution in [1.29, 1.82) is 0 Å². The predicted molar refractivity (Wildman–Crippen MR) is 100 cm³/mol. The number of anilines is 2. The van der Waals surface area contributed by atoms with Crippen molar-refractivity contribution in [2.75, 3.05) is 28.5 Å². The molecule has 0 saturated carbocycles. The Bertz CT molecular complexity index is 961. The molecule has 2 heterocycles. The Balaban J connectivity index is 2.01. The average Bonchev–Trinajstić information content (AvgIpc) is 3.10. The van der Waals surface area contributed by atoms with E-state index >= 15 is 0 Å². The van der Waals surface area contributed by atoms with Gasteiger partial charge in [0.25, 0.3) is 5.13 Å². The zero-order valence-corrected chi connectivity index (χ0v) is 16.4. The Morgan fingerprint density at radius 3 is 2.75 bits per heavy atom. The monoisotopic (exact) mass is 434 g/mol. The number of hydrogen-bond acceptors (Lipinski definition) is 8. The maximum atomic E-state index is 12.6. The van der Waals surface area contributed by atoms with Gasteiger partial charge in [0.05, 0.1) is 5.69 Å². The predicted octanol–water partition coefficient (Wildman–Crippen LogP) is 4.03. The van der Waals surface area contributed by atoms with E-state index in [4.69, 9.17) is 0 Å². The molecule has 2 aromatic rings. The maximum Gasteiger partial charge on any atom is 0.404 e. The quantitative estimate of drug-likeness (QED) is 0.692. The number of halogens is 3. The van der Waals surface area contributed by atoms with E-state index in [1.807, 2.05) is 16.5 Å². The van der Waals surface area contributed by atoms with Gasteiger partial charge in [-0.3, -0.25) is 4.72 Å². The summed E-state index contributed by atoms with van der Waals surface area (Å²) in [4.78, 5) is 2.03. The highest BCUT2D eigenvalue weighted by Crippen LogP contribution is 2.38. The molecule has 8 nitrogen and oxygen atoms in total. The average molecular weight is 434 g/mol. The number of sulfonamides is 1. The molecule has 0 fully saturated rings. The first-order valence-corrected chi connectivity index (χ1v) is 10.9. The van der Waals surface area contributed by atoms with Crippen molar-refractivity contribution in [3.05, 3.63) is 23.2 Å². The fraction of sp³-hybridized carbons (Fsp3) is 0.467. The summed E-state index contributed by atoms with van der Waals surface area (Å²) in [7, 11) is -4.66. The van der Waals surface area contributed by atoms with Gasteiger partial charge in [0.1, 0.15) is 11.2 Å². The van der Waals surface area contributed by atoms with E-state index in [0.29, 0.717) is 6.54 Å². The minimum absolute atomic E-state index is 0.0587. The van der Waals surface area contributed by atoms with Gasteiger partial charge in [-0.2, -0.15) is 13.2 Å². The van der Waals surface area contributed by atoms with E-state index in [1.54, 1.807) is 6.07 Å². The van der Waals surface area contributed by atoms with E-state index in [-0.39, 0.29) is 16.5 Å². The van der Waals surface area contributed by atoms with Gasteiger partial charge in [0.2, 0.25) is 10.0 Å². The summed E-state index contributed by atoms with van der Waals surface area (Å²) in [6, 6.07) is 3.16. The van der Waals surface area contributed by atoms with Crippen molar-refractivity contribution in [2.45, 2.75) is 25.9 Å². The van der Waals surface area contributed by atoms with E-state index in [1.165, 1.54) is 11.6 Å². The second-order valence-corrected chi connectivity index (χ2v) is 8.61. The van der Waals surface area contributed by atoms with Crippen LogP contribution in [-0.4, -0.2) is 43.6 Å². The third-order valence-electron chi connectivity index (χ3n) is 4.00. The van der Waals surface area contributed by atoms with Crippen molar-refractivity contribution in [3.63, 3.8) is 0 Å². The van der Waals surface area contributed by atoms with Crippen LogP contribution < -0.4 is 9.62 Å². The highest BCUT2D eigenvalue weighted by molar-refractivity contribution is 7.92. The number of benzene rings is 1. The summed E-state index contributed by atoms with van der Waals surface area (Å²) in [5, 5.41) is 15.5. The molecule has 0 aliphatic carbocycles. The molecule has 0 spiro atoms. The summed E-state index contributed by atoms with van der Waals surface area (Å²) in [6.07, 6.45) is -3.19. The van der Waals surface area contributed by atoms with E-state index in [2.05, 4.69) is 20.4 Å². The molecule has 1 aliphatic rings. The number of alkyl halides is 3. The van der Waals surface area contributed by atoms with Gasteiger partial charge in [-0.05, 0) is 37.5 Å². The van der Waals surface area contributed by atoms with Crippen LogP contribution in [0.3, 0.4) is 0 Å². The van der Waals surface area contributed by atoms with Crippen molar-refractivity contribution >= 4 is 43.6 Å². The number of hydrogen-bond donors (Lipinski definition) is 1. The van der Waals surface area contributed by atoms with E-state index in [0.717, 1.165) is 42.0 Å². The van der Waals surface area contributed by atoms with Crippen LogP contribution >= 0.6 is 11.3 Å². The first-order chi connectivity index (χ1) is 13.2. The van der Waals surface area contributed by atoms with Gasteiger partial charge in [0.15, 0.2) is 5.75 Å². The van der Waals surface area contributed by atoms with Crippen LogP contribution in [0.15, 0.2) is 27.9 Å². The lowest BCUT2D eigenvalue weighted by atomic mass is 10.0. The number of nitrogens with zero attached hydrogens (tertiary/aromatic N) is 5. The fourth-order valence-electron chi connectivity index (χ4n) is 2.91. The third-order valence-corrected chi connectivity index (χ3v) is 5.82. The van der Waals surface area contributed by atoms with Crippen LogP contribution in [0.2, 0.25) is 0 Å². The molecule has 0 bridgehead atoms. The van der Waals surface area contributed by atoms with Gasteiger partial charge in [-0.15, -0.1) is 20.4 Å². The molecule has 1 N–H and O–H groups in total. The molecular formula is C15H17F3N6O2S2. The van der Waals surface area contributed by atoms with Crippen molar-refractivity contribution in [2.24, 2.45) is 10.2 Å². The standard InChI is InChI=1S/C15H17F3N6O2S2/c1-2-24-5-3-4-10-6-11(20-22-14-21-19-9-27-14)12(7-13(10)24)23-28(25,26)8-15(16,17)18/h6-7,9,23H,2-5,8H2,1H3. The molecule has 1 aliphatic heterocycles. The van der Waals surface area contributed by atoms with Crippen LogP contribution in [0.4, 0.5) is 35.4 Å². The minimum Gasteiger partial charge on any atom is -0.372 e. The van der Waals surface area contributed by atoms with Crippen molar-refractivity contribution in [3.8, 4) is 0 Å². The summed E-state index contributed by atoms with van der Waals surface area (Å²) in [5.41, 5.74) is 3.22. The Morgan fingerprint density at radius 2 is 2.11 bits per heavy atom. The largest absolute Gasteiger partial charge is 0.404 e. The molecule has 0 radical (unpaired) electrons. The number of aryl methyl sites for hydroxylation is 1. The molecule has 0 saturated heterocycles. The van der Waals surface area contributed by atoms with E-state index in [9.17, 15) is 21.6 Å². The Labute approximate surface area is 163 Å². The van der Waals surface area contributed by atoms with Crippen LogP contribution in [0.5, 0.6) is 0 Å². The minimum atomic E-state index is -4.86. The summed E-state index contributed by atoms with van der Waals surface area (Å²) in [5.74, 6) is -1.98. The van der Waals surface area contributed by atoms with Crippen LogP contribution in [0, 0.1) is 0 Å². The molecule has 28 heavy (non-hydrogen) atoms. The van der Waals surface area contributed by atoms with Gasteiger partial charge < -0.3 is 4.90 Å². The zero-order chi connectivity index (χ0) is 20.4. The normalized spacial score (nSPS) is 15.1. The highest BCUT2D eigenvalue weighted by Gasteiger charge is 2.35.